The van der Waals surface area contributed by atoms with Gasteiger partial charge in [0.25, 0.3) is 0 Å². The maximum absolute atomic E-state index is 15.1. The van der Waals surface area contributed by atoms with E-state index in [4.69, 9.17) is 14.2 Å². The minimum Gasteiger partial charge on any atom is -0.497 e. The van der Waals surface area contributed by atoms with E-state index in [0.29, 0.717) is 34.1 Å². The van der Waals surface area contributed by atoms with Gasteiger partial charge in [-0.15, -0.1) is 0 Å². The number of para-hydroxylation sites is 2. The van der Waals surface area contributed by atoms with Crippen molar-refractivity contribution in [3.63, 3.8) is 0 Å². The number of nitrogens with one attached hydrogen (secondary N) is 1. The molecule has 1 N–H and O–H groups in total. The third-order valence-corrected chi connectivity index (χ3v) is 9.17. The number of Topliss-reactive ketones (excluding diaryl/α,β-unsaturated/α-hetero) is 2. The van der Waals surface area contributed by atoms with Crippen LogP contribution in [0.25, 0.3) is 6.08 Å². The summed E-state index contributed by atoms with van der Waals surface area (Å²) in [6.45, 7) is 0. The first-order valence-electron chi connectivity index (χ1n) is 14.3. The van der Waals surface area contributed by atoms with Gasteiger partial charge in [-0.25, -0.2) is 0 Å². The van der Waals surface area contributed by atoms with Crippen LogP contribution in [0.1, 0.15) is 43.4 Å². The van der Waals surface area contributed by atoms with E-state index in [1.165, 1.54) is 21.3 Å². The molecule has 0 saturated carbocycles. The highest BCUT2D eigenvalue weighted by atomic mass is 16.5. The Morgan fingerprint density at radius 1 is 0.773 bits per heavy atom. The molecule has 4 aromatic carbocycles. The lowest BCUT2D eigenvalue weighted by Gasteiger charge is -2.38. The Balaban J connectivity index is 1.54. The lowest BCUT2D eigenvalue weighted by molar-refractivity contribution is -0.122. The summed E-state index contributed by atoms with van der Waals surface area (Å²) in [5.41, 5.74) is 2.21. The molecule has 7 rings (SSSR count). The average Bonchev–Trinajstić information content (AvgIpc) is 3.55. The van der Waals surface area contributed by atoms with Crippen LogP contribution in [-0.2, 0) is 10.2 Å². The summed E-state index contributed by atoms with van der Waals surface area (Å²) in [5, 5.41) is 3.07. The number of carbonyl (C=O) groups excluding carboxylic acids is 3. The fraction of sp³-hybridized carbons (Fsp3) is 0.194. The first-order valence-corrected chi connectivity index (χ1v) is 14.3. The van der Waals surface area contributed by atoms with Crippen LogP contribution >= 0.6 is 0 Å². The van der Waals surface area contributed by atoms with Gasteiger partial charge in [-0.2, -0.15) is 0 Å². The highest BCUT2D eigenvalue weighted by Crippen LogP contribution is 2.62. The Bertz CT molecular complexity index is 1870. The van der Waals surface area contributed by atoms with Crippen LogP contribution < -0.4 is 19.5 Å². The molecule has 220 valence electrons. The van der Waals surface area contributed by atoms with Crippen molar-refractivity contribution in [1.82, 2.24) is 4.90 Å². The number of benzene rings is 4. The van der Waals surface area contributed by atoms with Gasteiger partial charge in [-0.05, 0) is 53.1 Å². The molecule has 0 aromatic heterocycles. The van der Waals surface area contributed by atoms with Gasteiger partial charge in [0, 0.05) is 18.0 Å². The molecule has 4 atom stereocenters. The topological polar surface area (TPSA) is 94.2 Å². The molecule has 0 radical (unpaired) electrons. The molecular weight excluding hydrogens is 556 g/mol. The highest BCUT2D eigenvalue weighted by Gasteiger charge is 2.71. The van der Waals surface area contributed by atoms with Gasteiger partial charge >= 0.3 is 0 Å². The number of ether oxygens (including phenoxy) is 3. The van der Waals surface area contributed by atoms with Gasteiger partial charge in [0.1, 0.15) is 28.7 Å². The number of hydrogen-bond donors (Lipinski definition) is 1. The second kappa shape index (κ2) is 10.4. The van der Waals surface area contributed by atoms with Gasteiger partial charge in [-0.3, -0.25) is 14.4 Å². The second-order valence-corrected chi connectivity index (χ2v) is 11.1. The monoisotopic (exact) mass is 586 g/mol. The Morgan fingerprint density at radius 3 is 2.27 bits per heavy atom. The molecule has 3 aliphatic heterocycles. The molecule has 0 bridgehead atoms. The summed E-state index contributed by atoms with van der Waals surface area (Å²) in [5.74, 6) is -0.967. The van der Waals surface area contributed by atoms with Crippen LogP contribution in [0, 0.1) is 5.92 Å². The minimum atomic E-state index is -1.45. The average molecular weight is 587 g/mol. The lowest BCUT2D eigenvalue weighted by atomic mass is 9.62. The first kappa shape index (κ1) is 27.5. The van der Waals surface area contributed by atoms with Crippen molar-refractivity contribution in [3.05, 3.63) is 125 Å². The maximum Gasteiger partial charge on any atom is 0.238 e. The van der Waals surface area contributed by atoms with Crippen molar-refractivity contribution in [1.29, 1.82) is 0 Å². The van der Waals surface area contributed by atoms with Crippen LogP contribution in [0.5, 0.6) is 17.2 Å². The number of nitrogens with zero attached hydrogens (tertiary/aromatic N) is 1. The molecule has 3 aliphatic rings. The van der Waals surface area contributed by atoms with Gasteiger partial charge in [0.15, 0.2) is 11.6 Å². The van der Waals surface area contributed by atoms with Gasteiger partial charge in [-0.1, -0.05) is 54.6 Å². The Morgan fingerprint density at radius 2 is 1.48 bits per heavy atom. The summed E-state index contributed by atoms with van der Waals surface area (Å²) in [7, 11) is 4.52. The number of hydrogen-bond acceptors (Lipinski definition) is 7. The van der Waals surface area contributed by atoms with Crippen LogP contribution in [0.3, 0.4) is 0 Å². The van der Waals surface area contributed by atoms with E-state index in [2.05, 4.69) is 5.32 Å². The van der Waals surface area contributed by atoms with Gasteiger partial charge in [0.2, 0.25) is 5.91 Å². The SMILES string of the molecule is COc1ccc(C(=O)[C@@H]2[C@@H](C(=O)c3ccccc3OC)[C@]3(C(=O)Nc4ccccc43)[C@H]3c4ccccc4C=CN23)c(OC)c1. The van der Waals surface area contributed by atoms with Crippen LogP contribution in [0.2, 0.25) is 0 Å². The molecule has 1 saturated heterocycles. The number of rotatable bonds is 7. The minimum absolute atomic E-state index is 0.283. The molecule has 1 amide bonds. The number of anilines is 1. The van der Waals surface area contributed by atoms with Crippen molar-refractivity contribution in [2.75, 3.05) is 26.6 Å². The molecule has 1 spiro atoms. The van der Waals surface area contributed by atoms with Crippen molar-refractivity contribution in [2.24, 2.45) is 5.92 Å². The highest BCUT2D eigenvalue weighted by molar-refractivity contribution is 6.17. The van der Waals surface area contributed by atoms with E-state index < -0.39 is 23.4 Å². The Hall–Kier alpha value is -5.37. The molecule has 0 aliphatic carbocycles. The molecule has 4 aromatic rings. The van der Waals surface area contributed by atoms with Crippen LogP contribution in [-0.4, -0.2) is 49.7 Å². The van der Waals surface area contributed by atoms with E-state index in [1.54, 1.807) is 42.5 Å². The molecule has 0 unspecified atom stereocenters. The summed E-state index contributed by atoms with van der Waals surface area (Å²) in [4.78, 5) is 46.6. The third-order valence-electron chi connectivity index (χ3n) is 9.17. The number of fused-ring (bicyclic) bond motifs is 6. The zero-order chi connectivity index (χ0) is 30.6. The smallest absolute Gasteiger partial charge is 0.238 e. The van der Waals surface area contributed by atoms with E-state index in [1.807, 2.05) is 65.7 Å². The zero-order valence-electron chi connectivity index (χ0n) is 24.4. The third kappa shape index (κ3) is 3.73. The van der Waals surface area contributed by atoms with Gasteiger partial charge < -0.3 is 24.4 Å². The van der Waals surface area contributed by atoms with Crippen LogP contribution in [0.4, 0.5) is 5.69 Å². The first-order chi connectivity index (χ1) is 21.4. The molecule has 44 heavy (non-hydrogen) atoms. The number of methoxy groups -OCH3 is 3. The molecule has 3 heterocycles. The lowest BCUT2D eigenvalue weighted by Crippen LogP contribution is -2.49. The summed E-state index contributed by atoms with van der Waals surface area (Å²) in [6.07, 6.45) is 3.77. The summed E-state index contributed by atoms with van der Waals surface area (Å²) >= 11 is 0. The van der Waals surface area contributed by atoms with Crippen molar-refractivity contribution in [3.8, 4) is 17.2 Å². The number of carbonyl (C=O) groups is 3. The molecular formula is C36H30N2O6. The van der Waals surface area contributed by atoms with E-state index >= 15 is 4.79 Å². The summed E-state index contributed by atoms with van der Waals surface area (Å²) < 4.78 is 16.7. The Kier molecular flexibility index (Phi) is 6.50. The fourth-order valence-electron chi connectivity index (χ4n) is 7.34. The Labute approximate surface area is 254 Å². The second-order valence-electron chi connectivity index (χ2n) is 11.1. The number of ketones is 2. The zero-order valence-corrected chi connectivity index (χ0v) is 24.4. The van der Waals surface area contributed by atoms with Crippen molar-refractivity contribution < 1.29 is 28.6 Å². The molecule has 1 fully saturated rings. The van der Waals surface area contributed by atoms with Crippen molar-refractivity contribution in [2.45, 2.75) is 17.5 Å². The largest absolute Gasteiger partial charge is 0.497 e. The van der Waals surface area contributed by atoms with Crippen LogP contribution in [0.15, 0.2) is 97.2 Å². The summed E-state index contributed by atoms with van der Waals surface area (Å²) in [6, 6.07) is 25.4. The van der Waals surface area contributed by atoms with Gasteiger partial charge in [0.05, 0.1) is 44.4 Å². The van der Waals surface area contributed by atoms with E-state index in [-0.39, 0.29) is 23.0 Å². The predicted molar refractivity (Wildman–Crippen MR) is 165 cm³/mol. The molecule has 8 nitrogen and oxygen atoms in total. The maximum atomic E-state index is 15.1. The quantitative estimate of drug-likeness (QED) is 0.278. The fourth-order valence-corrected chi connectivity index (χ4v) is 7.34. The molecule has 8 heteroatoms. The normalized spacial score (nSPS) is 22.6. The number of amides is 1. The van der Waals surface area contributed by atoms with E-state index in [9.17, 15) is 9.59 Å². The van der Waals surface area contributed by atoms with Crippen molar-refractivity contribution >= 4 is 29.2 Å². The van der Waals surface area contributed by atoms with E-state index in [0.717, 1.165) is 11.1 Å². The predicted octanol–water partition coefficient (Wildman–Crippen LogP) is 5.69. The standard InChI is InChI=1S/C36H30N2O6/c1-42-22-16-17-25(29(20-22)44-3)33(40)31-30(32(39)24-12-6-9-15-28(24)43-2)36(26-13-7-8-14-27(26)37-35(36)41)34-23-11-5-4-10-21(23)18-19-38(31)34/h4-20,30-31,34H,1-3H3,(H,37,41)/t30-,31-,34+,36-/m0/s1.